The van der Waals surface area contributed by atoms with E-state index in [1.807, 2.05) is 13.8 Å². The molecule has 0 unspecified atom stereocenters. The number of rotatable bonds is 7. The monoisotopic (exact) mass is 439 g/mol. The second-order valence-corrected chi connectivity index (χ2v) is 9.36. The summed E-state index contributed by atoms with van der Waals surface area (Å²) in [5.74, 6) is 0.0256. The van der Waals surface area contributed by atoms with Crippen LogP contribution in [0.5, 0.6) is 0 Å². The number of hydrogen-bond donors (Lipinski definition) is 2. The molecule has 4 rings (SSSR count). The molecule has 1 atom stereocenters. The minimum absolute atomic E-state index is 0.0256. The van der Waals surface area contributed by atoms with Gasteiger partial charge in [0.05, 0.1) is 29.2 Å². The van der Waals surface area contributed by atoms with E-state index in [2.05, 4.69) is 62.6 Å². The van der Waals surface area contributed by atoms with E-state index >= 15 is 0 Å². The number of hydrogen-bond acceptors (Lipinski definition) is 5. The van der Waals surface area contributed by atoms with Crippen LogP contribution in [0, 0.1) is 13.8 Å². The van der Waals surface area contributed by atoms with Gasteiger partial charge in [0.15, 0.2) is 0 Å². The molecular formula is C25H37N5O2. The first-order valence-electron chi connectivity index (χ1n) is 11.9. The van der Waals surface area contributed by atoms with Crippen LogP contribution in [0.3, 0.4) is 0 Å². The van der Waals surface area contributed by atoms with Crippen molar-refractivity contribution >= 4 is 11.6 Å². The normalized spacial score (nSPS) is 21.2. The Kier molecular flexibility index (Phi) is 7.28. The first-order valence-corrected chi connectivity index (χ1v) is 11.9. The van der Waals surface area contributed by atoms with Gasteiger partial charge in [-0.15, -0.1) is 0 Å². The van der Waals surface area contributed by atoms with Crippen LogP contribution in [-0.2, 0) is 16.1 Å². The SMILES string of the molecule is CCN(CC(=O)Nc1c(C)n[nH]c1C)[C@@H]1CCOC2(CCN(Cc3ccccc3)CC2)C1. The third kappa shape index (κ3) is 5.39. The molecule has 1 spiro atoms. The first kappa shape index (κ1) is 23.0. The van der Waals surface area contributed by atoms with Crippen LogP contribution >= 0.6 is 0 Å². The Bertz CT molecular complexity index is 869. The average molecular weight is 440 g/mol. The summed E-state index contributed by atoms with van der Waals surface area (Å²) in [4.78, 5) is 17.6. The second-order valence-electron chi connectivity index (χ2n) is 9.36. The van der Waals surface area contributed by atoms with E-state index in [0.29, 0.717) is 12.6 Å². The van der Waals surface area contributed by atoms with Crippen LogP contribution < -0.4 is 5.32 Å². The van der Waals surface area contributed by atoms with Gasteiger partial charge in [0.1, 0.15) is 0 Å². The molecule has 0 radical (unpaired) electrons. The molecule has 3 heterocycles. The van der Waals surface area contributed by atoms with Gasteiger partial charge in [0.2, 0.25) is 5.91 Å². The number of piperidine rings is 1. The molecule has 0 bridgehead atoms. The van der Waals surface area contributed by atoms with Crippen LogP contribution in [0.4, 0.5) is 5.69 Å². The highest BCUT2D eigenvalue weighted by atomic mass is 16.5. The van der Waals surface area contributed by atoms with Crippen LogP contribution in [0.1, 0.15) is 49.6 Å². The average Bonchev–Trinajstić information content (AvgIpc) is 3.12. The molecule has 0 saturated carbocycles. The summed E-state index contributed by atoms with van der Waals surface area (Å²) < 4.78 is 6.39. The maximum absolute atomic E-state index is 12.8. The standard InChI is InChI=1S/C25H37N5O2/c1-4-30(18-23(31)26-24-19(2)27-28-20(24)3)22-10-15-32-25(16-22)11-13-29(14-12-25)17-21-8-6-5-7-9-21/h5-9,22H,4,10-18H2,1-3H3,(H,26,31)(H,27,28)/t22-/m1/s1. The maximum atomic E-state index is 12.8. The van der Waals surface area contributed by atoms with Gasteiger partial charge in [0, 0.05) is 32.3 Å². The van der Waals surface area contributed by atoms with E-state index in [1.54, 1.807) is 0 Å². The molecule has 2 aromatic rings. The lowest BCUT2D eigenvalue weighted by atomic mass is 9.81. The summed E-state index contributed by atoms with van der Waals surface area (Å²) >= 11 is 0. The Morgan fingerprint density at radius 2 is 2.03 bits per heavy atom. The fourth-order valence-corrected chi connectivity index (χ4v) is 5.22. The molecule has 1 aromatic heterocycles. The quantitative estimate of drug-likeness (QED) is 0.691. The predicted molar refractivity (Wildman–Crippen MR) is 127 cm³/mol. The number of aromatic amines is 1. The van der Waals surface area contributed by atoms with E-state index in [1.165, 1.54) is 5.56 Å². The van der Waals surface area contributed by atoms with Gasteiger partial charge in [-0.2, -0.15) is 5.10 Å². The number of likely N-dealkylation sites (tertiary alicyclic amines) is 1. The number of nitrogens with zero attached hydrogens (tertiary/aromatic N) is 3. The van der Waals surface area contributed by atoms with Gasteiger partial charge >= 0.3 is 0 Å². The van der Waals surface area contributed by atoms with Crippen molar-refractivity contribution in [2.45, 2.75) is 64.6 Å². The van der Waals surface area contributed by atoms with Gasteiger partial charge in [-0.1, -0.05) is 37.3 Å². The number of H-pyrrole nitrogens is 1. The predicted octanol–water partition coefficient (Wildman–Crippen LogP) is 3.50. The highest BCUT2D eigenvalue weighted by Crippen LogP contribution is 2.37. The maximum Gasteiger partial charge on any atom is 0.238 e. The molecule has 7 heteroatoms. The Morgan fingerprint density at radius 1 is 1.28 bits per heavy atom. The molecule has 2 aliphatic rings. The van der Waals surface area contributed by atoms with Crippen molar-refractivity contribution in [1.82, 2.24) is 20.0 Å². The van der Waals surface area contributed by atoms with Gasteiger partial charge in [-0.25, -0.2) is 0 Å². The number of ether oxygens (including phenoxy) is 1. The number of nitrogens with one attached hydrogen (secondary N) is 2. The molecule has 32 heavy (non-hydrogen) atoms. The summed E-state index contributed by atoms with van der Waals surface area (Å²) in [6, 6.07) is 11.1. The van der Waals surface area contributed by atoms with Crippen molar-refractivity contribution in [1.29, 1.82) is 0 Å². The number of anilines is 1. The molecule has 2 fully saturated rings. The van der Waals surface area contributed by atoms with Gasteiger partial charge in [0.25, 0.3) is 0 Å². The van der Waals surface area contributed by atoms with Crippen LogP contribution in [0.25, 0.3) is 0 Å². The molecule has 7 nitrogen and oxygen atoms in total. The fraction of sp³-hybridized carbons (Fsp3) is 0.600. The molecule has 0 aliphatic carbocycles. The Labute approximate surface area is 191 Å². The van der Waals surface area contributed by atoms with Crippen LogP contribution in [-0.4, -0.2) is 70.3 Å². The Hall–Kier alpha value is -2.22. The van der Waals surface area contributed by atoms with Crippen molar-refractivity contribution in [3.63, 3.8) is 0 Å². The number of amides is 1. The lowest BCUT2D eigenvalue weighted by molar-refractivity contribution is -0.137. The number of aromatic nitrogens is 2. The highest BCUT2D eigenvalue weighted by molar-refractivity contribution is 5.93. The molecule has 2 saturated heterocycles. The first-order chi connectivity index (χ1) is 15.5. The fourth-order valence-electron chi connectivity index (χ4n) is 5.22. The summed E-state index contributed by atoms with van der Waals surface area (Å²) in [7, 11) is 0. The lowest BCUT2D eigenvalue weighted by Gasteiger charge is -2.48. The highest BCUT2D eigenvalue weighted by Gasteiger charge is 2.41. The number of carbonyl (C=O) groups is 1. The second kappa shape index (κ2) is 10.1. The number of benzene rings is 1. The number of carbonyl (C=O) groups excluding carboxylic acids is 1. The summed E-state index contributed by atoms with van der Waals surface area (Å²) in [5.41, 5.74) is 3.85. The molecular weight excluding hydrogens is 402 g/mol. The van der Waals surface area contributed by atoms with E-state index in [9.17, 15) is 4.79 Å². The Morgan fingerprint density at radius 3 is 2.69 bits per heavy atom. The topological polar surface area (TPSA) is 73.5 Å². The zero-order chi connectivity index (χ0) is 22.6. The van der Waals surface area contributed by atoms with Gasteiger partial charge < -0.3 is 10.1 Å². The summed E-state index contributed by atoms with van der Waals surface area (Å²) in [5, 5.41) is 10.2. The summed E-state index contributed by atoms with van der Waals surface area (Å²) in [6.45, 7) is 11.2. The van der Waals surface area contributed by atoms with Crippen molar-refractivity contribution in [3.05, 3.63) is 47.3 Å². The smallest absolute Gasteiger partial charge is 0.238 e. The lowest BCUT2D eigenvalue weighted by Crippen LogP contribution is -2.54. The van der Waals surface area contributed by atoms with Crippen molar-refractivity contribution in [2.75, 3.05) is 38.1 Å². The molecule has 2 aliphatic heterocycles. The van der Waals surface area contributed by atoms with Crippen molar-refractivity contribution < 1.29 is 9.53 Å². The Balaban J connectivity index is 1.31. The minimum Gasteiger partial charge on any atom is -0.375 e. The number of aryl methyl sites for hydroxylation is 2. The zero-order valence-corrected chi connectivity index (χ0v) is 19.7. The van der Waals surface area contributed by atoms with Crippen LogP contribution in [0.15, 0.2) is 30.3 Å². The van der Waals surface area contributed by atoms with Crippen molar-refractivity contribution in [2.24, 2.45) is 0 Å². The minimum atomic E-state index is -0.0439. The zero-order valence-electron chi connectivity index (χ0n) is 19.7. The summed E-state index contributed by atoms with van der Waals surface area (Å²) in [6.07, 6.45) is 4.12. The van der Waals surface area contributed by atoms with E-state index in [-0.39, 0.29) is 11.5 Å². The largest absolute Gasteiger partial charge is 0.375 e. The van der Waals surface area contributed by atoms with E-state index < -0.39 is 0 Å². The van der Waals surface area contributed by atoms with Gasteiger partial charge in [-0.3, -0.25) is 19.7 Å². The van der Waals surface area contributed by atoms with E-state index in [4.69, 9.17) is 4.74 Å². The van der Waals surface area contributed by atoms with Gasteiger partial charge in [-0.05, 0) is 51.6 Å². The third-order valence-corrected chi connectivity index (χ3v) is 7.15. The van der Waals surface area contributed by atoms with Crippen molar-refractivity contribution in [3.8, 4) is 0 Å². The molecule has 1 aromatic carbocycles. The number of likely N-dealkylation sites (N-methyl/N-ethyl adjacent to an activating group) is 1. The molecule has 174 valence electrons. The molecule has 2 N–H and O–H groups in total. The van der Waals surface area contributed by atoms with E-state index in [0.717, 1.165) is 75.5 Å². The van der Waals surface area contributed by atoms with Crippen LogP contribution in [0.2, 0.25) is 0 Å². The molecule has 1 amide bonds. The third-order valence-electron chi connectivity index (χ3n) is 7.15.